The van der Waals surface area contributed by atoms with Crippen LogP contribution in [0.25, 0.3) is 11.5 Å². The van der Waals surface area contributed by atoms with Crippen LogP contribution in [-0.2, 0) is 6.42 Å². The van der Waals surface area contributed by atoms with Crippen molar-refractivity contribution < 1.29 is 18.7 Å². The number of ether oxygens (including phenoxy) is 2. The molecule has 0 aliphatic rings. The second kappa shape index (κ2) is 8.24. The number of hydrogen-bond donors (Lipinski definition) is 0. The third kappa shape index (κ3) is 4.24. The fourth-order valence-electron chi connectivity index (χ4n) is 2.51. The van der Waals surface area contributed by atoms with Crippen LogP contribution < -0.4 is 9.47 Å². The summed E-state index contributed by atoms with van der Waals surface area (Å²) < 4.78 is 16.0. The lowest BCUT2D eigenvalue weighted by atomic mass is 10.1. The number of carbonyl (C=O) groups excluding carboxylic acids is 1. The molecule has 2 heterocycles. The Hall–Kier alpha value is -3.22. The Kier molecular flexibility index (Phi) is 5.58. The molecule has 26 heavy (non-hydrogen) atoms. The molecule has 0 saturated carbocycles. The van der Waals surface area contributed by atoms with E-state index in [9.17, 15) is 4.79 Å². The Balaban J connectivity index is 1.59. The molecule has 0 saturated heterocycles. The van der Waals surface area contributed by atoms with Gasteiger partial charge in [-0.05, 0) is 42.7 Å². The van der Waals surface area contributed by atoms with Gasteiger partial charge in [0.15, 0.2) is 0 Å². The van der Waals surface area contributed by atoms with Gasteiger partial charge in [0.1, 0.15) is 11.5 Å². The standard InChI is InChI=1S/C19H19N3O4/c1-24-15-9-13(10-16(11-15)25-2)5-3-7-17(23)19-22-21-18(26-19)14-6-4-8-20-12-14/h4,6,8-12H,3,5,7H2,1-2H3. The second-order valence-electron chi connectivity index (χ2n) is 5.65. The lowest BCUT2D eigenvalue weighted by Crippen LogP contribution is -2.01. The lowest BCUT2D eigenvalue weighted by Gasteiger charge is -2.08. The van der Waals surface area contributed by atoms with Gasteiger partial charge in [-0.1, -0.05) is 0 Å². The molecule has 0 amide bonds. The molecule has 134 valence electrons. The topological polar surface area (TPSA) is 87.3 Å². The van der Waals surface area contributed by atoms with E-state index < -0.39 is 0 Å². The molecule has 0 aliphatic heterocycles. The quantitative estimate of drug-likeness (QED) is 0.574. The largest absolute Gasteiger partial charge is 0.497 e. The van der Waals surface area contributed by atoms with Crippen LogP contribution in [0.15, 0.2) is 47.1 Å². The molecule has 1 aromatic carbocycles. The predicted molar refractivity (Wildman–Crippen MR) is 94.3 cm³/mol. The van der Waals surface area contributed by atoms with Gasteiger partial charge < -0.3 is 13.9 Å². The molecule has 0 unspecified atom stereocenters. The van der Waals surface area contributed by atoms with E-state index in [4.69, 9.17) is 13.9 Å². The molecule has 7 heteroatoms. The average Bonchev–Trinajstić information content (AvgIpc) is 3.18. The van der Waals surface area contributed by atoms with Gasteiger partial charge in [-0.3, -0.25) is 9.78 Å². The van der Waals surface area contributed by atoms with Crippen molar-refractivity contribution in [1.82, 2.24) is 15.2 Å². The van der Waals surface area contributed by atoms with Crippen molar-refractivity contribution in [2.75, 3.05) is 14.2 Å². The number of aromatic nitrogens is 3. The summed E-state index contributed by atoms with van der Waals surface area (Å²) in [6.07, 6.45) is 4.94. The Morgan fingerprint density at radius 2 is 1.88 bits per heavy atom. The van der Waals surface area contributed by atoms with Crippen molar-refractivity contribution in [3.63, 3.8) is 0 Å². The molecule has 3 rings (SSSR count). The summed E-state index contributed by atoms with van der Waals surface area (Å²) in [6, 6.07) is 9.24. The molecule has 0 bridgehead atoms. The van der Waals surface area contributed by atoms with E-state index in [2.05, 4.69) is 15.2 Å². The van der Waals surface area contributed by atoms with Crippen LogP contribution in [0.5, 0.6) is 11.5 Å². The highest BCUT2D eigenvalue weighted by molar-refractivity contribution is 5.91. The molecular weight excluding hydrogens is 334 g/mol. The maximum absolute atomic E-state index is 12.3. The molecule has 0 radical (unpaired) electrons. The number of rotatable bonds is 8. The summed E-state index contributed by atoms with van der Waals surface area (Å²) in [7, 11) is 3.22. The van der Waals surface area contributed by atoms with Gasteiger partial charge in [0.2, 0.25) is 11.7 Å². The molecular formula is C19H19N3O4. The van der Waals surface area contributed by atoms with Crippen molar-refractivity contribution in [3.05, 3.63) is 54.2 Å². The van der Waals surface area contributed by atoms with Gasteiger partial charge in [0.25, 0.3) is 5.89 Å². The van der Waals surface area contributed by atoms with E-state index in [1.54, 1.807) is 38.7 Å². The van der Waals surface area contributed by atoms with E-state index in [0.717, 1.165) is 17.1 Å². The third-order valence-corrected chi connectivity index (χ3v) is 3.85. The maximum Gasteiger partial charge on any atom is 0.284 e. The van der Waals surface area contributed by atoms with Crippen molar-refractivity contribution >= 4 is 5.78 Å². The minimum Gasteiger partial charge on any atom is -0.497 e. The monoisotopic (exact) mass is 353 g/mol. The molecule has 0 atom stereocenters. The summed E-state index contributed by atoms with van der Waals surface area (Å²) in [5, 5.41) is 7.75. The smallest absolute Gasteiger partial charge is 0.284 e. The van der Waals surface area contributed by atoms with E-state index >= 15 is 0 Å². The SMILES string of the molecule is COc1cc(CCCC(=O)c2nnc(-c3cccnc3)o2)cc(OC)c1. The number of benzene rings is 1. The van der Waals surface area contributed by atoms with E-state index in [-0.39, 0.29) is 11.7 Å². The molecule has 0 spiro atoms. The number of aryl methyl sites for hydroxylation is 1. The highest BCUT2D eigenvalue weighted by Gasteiger charge is 2.15. The zero-order valence-electron chi connectivity index (χ0n) is 14.6. The third-order valence-electron chi connectivity index (χ3n) is 3.85. The maximum atomic E-state index is 12.3. The first-order valence-electron chi connectivity index (χ1n) is 8.18. The number of nitrogens with zero attached hydrogens (tertiary/aromatic N) is 3. The Morgan fingerprint density at radius 1 is 1.12 bits per heavy atom. The summed E-state index contributed by atoms with van der Waals surface area (Å²) in [5.41, 5.74) is 1.72. The average molecular weight is 353 g/mol. The van der Waals surface area contributed by atoms with Crippen LogP contribution in [0, 0.1) is 0 Å². The zero-order valence-corrected chi connectivity index (χ0v) is 14.6. The summed E-state index contributed by atoms with van der Waals surface area (Å²) in [5.74, 6) is 1.58. The normalized spacial score (nSPS) is 10.5. The van der Waals surface area contributed by atoms with E-state index in [1.165, 1.54) is 0 Å². The molecule has 0 aliphatic carbocycles. The molecule has 3 aromatic rings. The first kappa shape index (κ1) is 17.6. The number of methoxy groups -OCH3 is 2. The fourth-order valence-corrected chi connectivity index (χ4v) is 2.51. The first-order valence-corrected chi connectivity index (χ1v) is 8.18. The van der Waals surface area contributed by atoms with E-state index in [0.29, 0.717) is 30.7 Å². The minimum absolute atomic E-state index is 0.0204. The number of pyridine rings is 1. The minimum atomic E-state index is -0.178. The van der Waals surface area contributed by atoms with Crippen LogP contribution in [0.4, 0.5) is 0 Å². The number of hydrogen-bond acceptors (Lipinski definition) is 7. The van der Waals surface area contributed by atoms with Gasteiger partial charge >= 0.3 is 0 Å². The summed E-state index contributed by atoms with van der Waals surface area (Å²) in [4.78, 5) is 16.3. The van der Waals surface area contributed by atoms with Crippen LogP contribution in [-0.4, -0.2) is 35.2 Å². The van der Waals surface area contributed by atoms with E-state index in [1.807, 2.05) is 18.2 Å². The van der Waals surface area contributed by atoms with Gasteiger partial charge in [0, 0.05) is 24.9 Å². The van der Waals surface area contributed by atoms with Gasteiger partial charge in [-0.15, -0.1) is 10.2 Å². The molecule has 0 N–H and O–H groups in total. The Labute approximate surface area is 151 Å². The van der Waals surface area contributed by atoms with Gasteiger partial charge in [-0.2, -0.15) is 0 Å². The summed E-state index contributed by atoms with van der Waals surface area (Å²) in [6.45, 7) is 0. The fraction of sp³-hybridized carbons (Fsp3) is 0.263. The Bertz CT molecular complexity index is 855. The number of Topliss-reactive ketones (excluding diaryl/α,β-unsaturated/α-hetero) is 1. The van der Waals surface area contributed by atoms with Crippen LogP contribution in [0.1, 0.15) is 29.1 Å². The van der Waals surface area contributed by atoms with Crippen molar-refractivity contribution in [3.8, 4) is 23.0 Å². The molecule has 7 nitrogen and oxygen atoms in total. The summed E-state index contributed by atoms with van der Waals surface area (Å²) >= 11 is 0. The van der Waals surface area contributed by atoms with Crippen molar-refractivity contribution in [2.24, 2.45) is 0 Å². The highest BCUT2D eigenvalue weighted by Crippen LogP contribution is 2.24. The number of ketones is 1. The zero-order chi connectivity index (χ0) is 18.4. The highest BCUT2D eigenvalue weighted by atomic mass is 16.5. The van der Waals surface area contributed by atoms with Crippen LogP contribution in [0.2, 0.25) is 0 Å². The predicted octanol–water partition coefficient (Wildman–Crippen LogP) is 3.35. The van der Waals surface area contributed by atoms with Crippen LogP contribution in [0.3, 0.4) is 0 Å². The van der Waals surface area contributed by atoms with Crippen molar-refractivity contribution in [2.45, 2.75) is 19.3 Å². The molecule has 2 aromatic heterocycles. The Morgan fingerprint density at radius 3 is 2.54 bits per heavy atom. The first-order chi connectivity index (χ1) is 12.7. The molecule has 0 fully saturated rings. The van der Waals surface area contributed by atoms with Crippen LogP contribution >= 0.6 is 0 Å². The second-order valence-corrected chi connectivity index (χ2v) is 5.65. The van der Waals surface area contributed by atoms with Crippen molar-refractivity contribution in [1.29, 1.82) is 0 Å². The van der Waals surface area contributed by atoms with Gasteiger partial charge in [0.05, 0.1) is 19.8 Å². The number of carbonyl (C=O) groups is 1. The lowest BCUT2D eigenvalue weighted by molar-refractivity contribution is 0.0947. The van der Waals surface area contributed by atoms with Gasteiger partial charge in [-0.25, -0.2) is 0 Å².